The first-order chi connectivity index (χ1) is 19.1. The number of carbonyl (C=O) groups is 1. The highest BCUT2D eigenvalue weighted by Crippen LogP contribution is 2.56. The highest BCUT2D eigenvalue weighted by molar-refractivity contribution is 8.22. The van der Waals surface area contributed by atoms with E-state index in [9.17, 15) is 19.0 Å². The number of aromatic nitrogens is 4. The molecule has 12 heteroatoms. The van der Waals surface area contributed by atoms with Gasteiger partial charge in [-0.2, -0.15) is 4.31 Å². The van der Waals surface area contributed by atoms with Gasteiger partial charge in [-0.25, -0.2) is 9.67 Å². The molecule has 40 heavy (non-hydrogen) atoms. The molecule has 3 heterocycles. The molecule has 2 aromatic heterocycles. The maximum atomic E-state index is 12.0. The molecule has 1 aliphatic rings. The monoisotopic (exact) mass is 566 g/mol. The van der Waals surface area contributed by atoms with Crippen LogP contribution in [-0.4, -0.2) is 71.2 Å². The van der Waals surface area contributed by atoms with Crippen LogP contribution in [-0.2, 0) is 18.4 Å². The fourth-order valence-corrected chi connectivity index (χ4v) is 6.94. The van der Waals surface area contributed by atoms with Crippen molar-refractivity contribution in [1.82, 2.24) is 24.3 Å². The van der Waals surface area contributed by atoms with E-state index >= 15 is 0 Å². The minimum Gasteiger partial charge on any atom is -0.494 e. The number of carboxylic acid groups (broad SMARTS) is 1. The van der Waals surface area contributed by atoms with Crippen molar-refractivity contribution in [1.29, 1.82) is 0 Å². The molecule has 1 aliphatic heterocycles. The average molecular weight is 567 g/mol. The van der Waals surface area contributed by atoms with Gasteiger partial charge in [0.25, 0.3) is 0 Å². The molecule has 4 aromatic rings. The van der Waals surface area contributed by atoms with Crippen molar-refractivity contribution >= 4 is 33.6 Å². The summed E-state index contributed by atoms with van der Waals surface area (Å²) in [6.07, 6.45) is 1.52. The van der Waals surface area contributed by atoms with E-state index in [1.165, 1.54) is 0 Å². The third-order valence-electron chi connectivity index (χ3n) is 7.52. The van der Waals surface area contributed by atoms with Crippen LogP contribution in [0.5, 0.6) is 5.75 Å². The number of hydrogen-bond donors (Lipinski definition) is 3. The van der Waals surface area contributed by atoms with Crippen molar-refractivity contribution < 1.29 is 23.7 Å². The number of likely N-dealkylation sites (N-methyl/N-ethyl adjacent to an activating group) is 1. The van der Waals surface area contributed by atoms with E-state index < -0.39 is 22.7 Å². The first-order valence-electron chi connectivity index (χ1n) is 13.1. The van der Waals surface area contributed by atoms with Crippen molar-refractivity contribution in [2.24, 2.45) is 7.05 Å². The molecule has 0 spiro atoms. The molecule has 0 saturated heterocycles. The molecule has 0 fully saturated rings. The fourth-order valence-electron chi connectivity index (χ4n) is 5.32. The molecule has 0 saturated carbocycles. The predicted molar refractivity (Wildman–Crippen MR) is 154 cm³/mol. The number of ether oxygens (including phenoxy) is 1. The molecular weight excluding hydrogens is 532 g/mol. The lowest BCUT2D eigenvalue weighted by atomic mass is 9.86. The van der Waals surface area contributed by atoms with Gasteiger partial charge >= 0.3 is 5.97 Å². The Labute approximate surface area is 234 Å². The van der Waals surface area contributed by atoms with Gasteiger partial charge in [0.2, 0.25) is 0 Å². The molecule has 11 nitrogen and oxygen atoms in total. The molecule has 212 valence electrons. The maximum absolute atomic E-state index is 12.0. The SMILES string of the molecule is CCN1CCN(Cc2cc(C(CC(=O)O)c3cc(OC)c4c(c3)nnn4C)ccc2C)S(O)(O)c2cccnc21. The van der Waals surface area contributed by atoms with Crippen LogP contribution in [0.1, 0.15) is 41.5 Å². The smallest absolute Gasteiger partial charge is 0.304 e. The summed E-state index contributed by atoms with van der Waals surface area (Å²) in [5.74, 6) is -0.264. The largest absolute Gasteiger partial charge is 0.494 e. The summed E-state index contributed by atoms with van der Waals surface area (Å²) in [4.78, 5) is 18.9. The number of pyridine rings is 1. The van der Waals surface area contributed by atoms with Crippen LogP contribution in [0.3, 0.4) is 0 Å². The summed E-state index contributed by atoms with van der Waals surface area (Å²) in [6.45, 7) is 5.98. The third-order valence-corrected chi connectivity index (χ3v) is 9.46. The van der Waals surface area contributed by atoms with Crippen molar-refractivity contribution in [3.8, 4) is 5.75 Å². The number of hydrogen-bond acceptors (Lipinski definition) is 9. The van der Waals surface area contributed by atoms with Crippen molar-refractivity contribution in [3.63, 3.8) is 0 Å². The van der Waals surface area contributed by atoms with Gasteiger partial charge in [0.1, 0.15) is 21.7 Å². The number of anilines is 1. The lowest BCUT2D eigenvalue weighted by Crippen LogP contribution is -2.33. The van der Waals surface area contributed by atoms with Crippen LogP contribution in [0.25, 0.3) is 11.0 Å². The van der Waals surface area contributed by atoms with Gasteiger partial charge in [-0.15, -0.1) is 15.9 Å². The van der Waals surface area contributed by atoms with Crippen molar-refractivity contribution in [2.45, 2.75) is 37.6 Å². The number of fused-ring (bicyclic) bond motifs is 2. The number of methoxy groups -OCH3 is 1. The molecule has 1 unspecified atom stereocenters. The Balaban J connectivity index is 1.54. The minimum absolute atomic E-state index is 0.138. The molecule has 0 radical (unpaired) electrons. The molecule has 2 aromatic carbocycles. The van der Waals surface area contributed by atoms with Gasteiger partial charge in [0.05, 0.1) is 13.5 Å². The van der Waals surface area contributed by atoms with E-state index in [0.29, 0.717) is 41.6 Å². The summed E-state index contributed by atoms with van der Waals surface area (Å²) in [7, 11) is 0.0302. The number of carboxylic acids is 1. The van der Waals surface area contributed by atoms with Gasteiger partial charge in [0.15, 0.2) is 5.82 Å². The van der Waals surface area contributed by atoms with Gasteiger partial charge in [-0.05, 0) is 60.4 Å². The maximum Gasteiger partial charge on any atom is 0.304 e. The Morgan fingerprint density at radius 1 is 1.15 bits per heavy atom. The second-order valence-corrected chi connectivity index (χ2v) is 11.9. The van der Waals surface area contributed by atoms with E-state index in [0.717, 1.165) is 27.8 Å². The van der Waals surface area contributed by atoms with Gasteiger partial charge in [-0.3, -0.25) is 13.9 Å². The highest BCUT2D eigenvalue weighted by atomic mass is 32.3. The first kappa shape index (κ1) is 27.8. The van der Waals surface area contributed by atoms with E-state index in [1.54, 1.807) is 41.5 Å². The van der Waals surface area contributed by atoms with E-state index in [4.69, 9.17) is 4.74 Å². The zero-order valence-electron chi connectivity index (χ0n) is 23.0. The minimum atomic E-state index is -3.31. The standard InChI is InChI=1S/C28H34N6O5S/c1-5-33-11-12-34(40(37,38)25-7-6-10-29-28(25)33)17-21-13-19(9-8-18(21)2)22(16-26(35)36)20-14-23-27(24(15-20)39-4)32(3)31-30-23/h6-10,13-15,22,37-38H,5,11-12,16-17H2,1-4H3,(H,35,36). The van der Waals surface area contributed by atoms with Crippen LogP contribution >= 0.6 is 10.8 Å². The zero-order valence-corrected chi connectivity index (χ0v) is 23.8. The Kier molecular flexibility index (Phi) is 7.69. The second-order valence-electron chi connectivity index (χ2n) is 9.93. The first-order valence-corrected chi connectivity index (χ1v) is 14.6. The van der Waals surface area contributed by atoms with E-state index in [1.807, 2.05) is 49.1 Å². The van der Waals surface area contributed by atoms with E-state index in [2.05, 4.69) is 15.3 Å². The third kappa shape index (κ3) is 5.10. The number of benzene rings is 2. The Morgan fingerprint density at radius 2 is 1.95 bits per heavy atom. The lowest BCUT2D eigenvalue weighted by molar-refractivity contribution is -0.137. The van der Waals surface area contributed by atoms with Crippen LogP contribution in [0.15, 0.2) is 53.6 Å². The zero-order chi connectivity index (χ0) is 28.6. The summed E-state index contributed by atoms with van der Waals surface area (Å²) in [5, 5.41) is 18.1. The summed E-state index contributed by atoms with van der Waals surface area (Å²) < 4.78 is 31.9. The normalized spacial score (nSPS) is 16.8. The predicted octanol–water partition coefficient (Wildman–Crippen LogP) is 4.65. The van der Waals surface area contributed by atoms with Crippen LogP contribution in [0.4, 0.5) is 5.82 Å². The molecule has 0 amide bonds. The Bertz CT molecular complexity index is 1560. The molecular formula is C28H34N6O5S. The number of aliphatic carboxylic acids is 1. The summed E-state index contributed by atoms with van der Waals surface area (Å²) >= 11 is 0. The Morgan fingerprint density at radius 3 is 2.67 bits per heavy atom. The number of nitrogens with zero attached hydrogens (tertiary/aromatic N) is 6. The van der Waals surface area contributed by atoms with Gasteiger partial charge < -0.3 is 14.7 Å². The fraction of sp³-hybridized carbons (Fsp3) is 0.357. The topological polar surface area (TPSA) is 137 Å². The summed E-state index contributed by atoms with van der Waals surface area (Å²) in [6, 6.07) is 13.0. The number of rotatable bonds is 8. The Hall–Kier alpha value is -3.71. The molecule has 3 N–H and O–H groups in total. The molecule has 0 aliphatic carbocycles. The lowest BCUT2D eigenvalue weighted by Gasteiger charge is -2.41. The molecule has 1 atom stereocenters. The second kappa shape index (κ2) is 11.0. The number of aryl methyl sites for hydroxylation is 2. The van der Waals surface area contributed by atoms with Gasteiger partial charge in [-0.1, -0.05) is 23.4 Å². The quantitative estimate of drug-likeness (QED) is 0.276. The average Bonchev–Trinajstić information content (AvgIpc) is 3.27. The van der Waals surface area contributed by atoms with Crippen LogP contribution in [0, 0.1) is 6.92 Å². The van der Waals surface area contributed by atoms with E-state index in [-0.39, 0.29) is 13.0 Å². The molecule has 0 bridgehead atoms. The summed E-state index contributed by atoms with van der Waals surface area (Å²) in [5.41, 5.74) is 4.75. The van der Waals surface area contributed by atoms with Crippen molar-refractivity contribution in [3.05, 3.63) is 70.9 Å². The van der Waals surface area contributed by atoms with Crippen LogP contribution < -0.4 is 9.64 Å². The molecule has 5 rings (SSSR count). The van der Waals surface area contributed by atoms with Crippen LogP contribution in [0.2, 0.25) is 0 Å². The van der Waals surface area contributed by atoms with Gasteiger partial charge in [0, 0.05) is 45.3 Å². The highest BCUT2D eigenvalue weighted by Gasteiger charge is 2.34. The van der Waals surface area contributed by atoms with Crippen molar-refractivity contribution in [2.75, 3.05) is 31.6 Å².